The molecule has 0 rings (SSSR count). The fourth-order valence-corrected chi connectivity index (χ4v) is 0.865. The van der Waals surface area contributed by atoms with E-state index in [2.05, 4.69) is 39.9 Å². The lowest BCUT2D eigenvalue weighted by Crippen LogP contribution is -2.40. The molecule has 74 valence electrons. The van der Waals surface area contributed by atoms with E-state index in [4.69, 9.17) is 4.74 Å². The van der Waals surface area contributed by atoms with Crippen molar-refractivity contribution in [3.63, 3.8) is 0 Å². The molecule has 0 aliphatic rings. The Morgan fingerprint density at radius 1 is 1.25 bits per heavy atom. The van der Waals surface area contributed by atoms with Crippen LogP contribution in [0, 0.1) is 5.92 Å². The van der Waals surface area contributed by atoms with E-state index in [1.54, 1.807) is 7.11 Å². The molecule has 0 heterocycles. The summed E-state index contributed by atoms with van der Waals surface area (Å²) < 4.78 is 5.24. The third-order valence-electron chi connectivity index (χ3n) is 2.13. The predicted octanol–water partition coefficient (Wildman–Crippen LogP) is 2.05. The van der Waals surface area contributed by atoms with Gasteiger partial charge in [-0.1, -0.05) is 6.92 Å². The van der Waals surface area contributed by atoms with Gasteiger partial charge < -0.3 is 10.1 Å². The summed E-state index contributed by atoms with van der Waals surface area (Å²) in [5.74, 6) is 0.564. The van der Waals surface area contributed by atoms with Crippen molar-refractivity contribution >= 4 is 0 Å². The Kier molecular flexibility index (Phi) is 4.80. The Morgan fingerprint density at radius 3 is 2.08 bits per heavy atom. The maximum atomic E-state index is 5.24. The van der Waals surface area contributed by atoms with Gasteiger partial charge in [-0.3, -0.25) is 0 Å². The van der Waals surface area contributed by atoms with E-state index in [1.807, 2.05) is 0 Å². The zero-order valence-electron chi connectivity index (χ0n) is 9.27. The quantitative estimate of drug-likeness (QED) is 0.702. The number of nitrogens with one attached hydrogen (secondary N) is 1. The second-order valence-electron chi connectivity index (χ2n) is 4.55. The van der Waals surface area contributed by atoms with Gasteiger partial charge in [0.2, 0.25) is 0 Å². The summed E-state index contributed by atoms with van der Waals surface area (Å²) in [6, 6.07) is 0. The van der Waals surface area contributed by atoms with Crippen molar-refractivity contribution in [1.82, 2.24) is 5.32 Å². The highest BCUT2D eigenvalue weighted by Crippen LogP contribution is 2.06. The van der Waals surface area contributed by atoms with Gasteiger partial charge in [0.05, 0.1) is 6.10 Å². The average Bonchev–Trinajstić information content (AvgIpc) is 1.97. The maximum absolute atomic E-state index is 5.24. The molecule has 0 aromatic carbocycles. The monoisotopic (exact) mass is 173 g/mol. The van der Waals surface area contributed by atoms with Gasteiger partial charge in [-0.25, -0.2) is 0 Å². The second kappa shape index (κ2) is 4.83. The Morgan fingerprint density at radius 2 is 1.75 bits per heavy atom. The normalized spacial score (nSPS) is 17.5. The minimum Gasteiger partial charge on any atom is -0.381 e. The van der Waals surface area contributed by atoms with Crippen LogP contribution in [0.15, 0.2) is 0 Å². The summed E-state index contributed by atoms with van der Waals surface area (Å²) in [6.45, 7) is 11.9. The van der Waals surface area contributed by atoms with E-state index in [-0.39, 0.29) is 5.54 Å². The summed E-state index contributed by atoms with van der Waals surface area (Å²) in [5.41, 5.74) is 0.210. The molecule has 0 spiro atoms. The Bertz CT molecular complexity index is 117. The SMILES string of the molecule is COC(C)C(C)CNC(C)(C)C. The van der Waals surface area contributed by atoms with Crippen molar-refractivity contribution in [3.05, 3.63) is 0 Å². The Hall–Kier alpha value is -0.0800. The first kappa shape index (κ1) is 11.9. The summed E-state index contributed by atoms with van der Waals surface area (Å²) in [4.78, 5) is 0. The number of methoxy groups -OCH3 is 1. The minimum atomic E-state index is 0.210. The number of hydrogen-bond donors (Lipinski definition) is 1. The van der Waals surface area contributed by atoms with Gasteiger partial charge in [0, 0.05) is 19.2 Å². The van der Waals surface area contributed by atoms with Gasteiger partial charge in [-0.05, 0) is 33.6 Å². The van der Waals surface area contributed by atoms with E-state index >= 15 is 0 Å². The molecule has 0 saturated carbocycles. The molecule has 0 aromatic heterocycles. The van der Waals surface area contributed by atoms with Crippen LogP contribution in [-0.4, -0.2) is 25.3 Å². The molecule has 0 aromatic rings. The highest BCUT2D eigenvalue weighted by molar-refractivity contribution is 4.73. The molecule has 1 N–H and O–H groups in total. The van der Waals surface area contributed by atoms with Crippen LogP contribution in [0.1, 0.15) is 34.6 Å². The van der Waals surface area contributed by atoms with Gasteiger partial charge in [0.1, 0.15) is 0 Å². The number of hydrogen-bond acceptors (Lipinski definition) is 2. The topological polar surface area (TPSA) is 21.3 Å². The largest absolute Gasteiger partial charge is 0.381 e. The van der Waals surface area contributed by atoms with Crippen LogP contribution in [-0.2, 0) is 4.74 Å². The molecule has 0 radical (unpaired) electrons. The lowest BCUT2D eigenvalue weighted by atomic mass is 10.0. The van der Waals surface area contributed by atoms with Crippen LogP contribution in [0.4, 0.5) is 0 Å². The van der Waals surface area contributed by atoms with Crippen molar-refractivity contribution in [2.75, 3.05) is 13.7 Å². The maximum Gasteiger partial charge on any atom is 0.0580 e. The molecule has 2 atom stereocenters. The smallest absolute Gasteiger partial charge is 0.0580 e. The third kappa shape index (κ3) is 5.56. The molecular weight excluding hydrogens is 150 g/mol. The molecular formula is C10H23NO. The first-order valence-electron chi connectivity index (χ1n) is 4.64. The van der Waals surface area contributed by atoms with Crippen molar-refractivity contribution in [1.29, 1.82) is 0 Å². The van der Waals surface area contributed by atoms with Gasteiger partial charge in [-0.2, -0.15) is 0 Å². The zero-order chi connectivity index (χ0) is 9.78. The lowest BCUT2D eigenvalue weighted by molar-refractivity contribution is 0.0710. The van der Waals surface area contributed by atoms with Crippen molar-refractivity contribution in [3.8, 4) is 0 Å². The number of ether oxygens (including phenoxy) is 1. The van der Waals surface area contributed by atoms with Crippen LogP contribution in [0.2, 0.25) is 0 Å². The fourth-order valence-electron chi connectivity index (χ4n) is 0.865. The van der Waals surface area contributed by atoms with Gasteiger partial charge >= 0.3 is 0 Å². The standard InChI is InChI=1S/C10H23NO/c1-8(9(2)12-6)7-11-10(3,4)5/h8-9,11H,7H2,1-6H3. The molecule has 2 heteroatoms. The molecule has 2 nitrogen and oxygen atoms in total. The van der Waals surface area contributed by atoms with Crippen LogP contribution >= 0.6 is 0 Å². The third-order valence-corrected chi connectivity index (χ3v) is 2.13. The molecule has 0 amide bonds. The van der Waals surface area contributed by atoms with E-state index in [0.29, 0.717) is 12.0 Å². The van der Waals surface area contributed by atoms with Crippen LogP contribution < -0.4 is 5.32 Å². The average molecular weight is 173 g/mol. The summed E-state index contributed by atoms with van der Waals surface area (Å²) in [6.07, 6.45) is 0.333. The van der Waals surface area contributed by atoms with E-state index < -0.39 is 0 Å². The van der Waals surface area contributed by atoms with Crippen molar-refractivity contribution in [2.24, 2.45) is 5.92 Å². The molecule has 0 aliphatic heterocycles. The second-order valence-corrected chi connectivity index (χ2v) is 4.55. The minimum absolute atomic E-state index is 0.210. The van der Waals surface area contributed by atoms with Crippen LogP contribution in [0.3, 0.4) is 0 Å². The fraction of sp³-hybridized carbons (Fsp3) is 1.00. The summed E-state index contributed by atoms with van der Waals surface area (Å²) >= 11 is 0. The molecule has 2 unspecified atom stereocenters. The van der Waals surface area contributed by atoms with Gasteiger partial charge in [-0.15, -0.1) is 0 Å². The highest BCUT2D eigenvalue weighted by Gasteiger charge is 2.14. The first-order valence-corrected chi connectivity index (χ1v) is 4.64. The Balaban J connectivity index is 3.64. The molecule has 0 fully saturated rings. The van der Waals surface area contributed by atoms with E-state index in [1.165, 1.54) is 0 Å². The van der Waals surface area contributed by atoms with Gasteiger partial charge in [0.15, 0.2) is 0 Å². The Labute approximate surface area is 76.7 Å². The summed E-state index contributed by atoms with van der Waals surface area (Å²) in [7, 11) is 1.76. The van der Waals surface area contributed by atoms with Crippen LogP contribution in [0.25, 0.3) is 0 Å². The van der Waals surface area contributed by atoms with Crippen molar-refractivity contribution < 1.29 is 4.74 Å². The molecule has 0 saturated heterocycles. The van der Waals surface area contributed by atoms with Crippen molar-refractivity contribution in [2.45, 2.75) is 46.3 Å². The molecule has 0 bridgehead atoms. The summed E-state index contributed by atoms with van der Waals surface area (Å²) in [5, 5.41) is 3.46. The molecule has 0 aliphatic carbocycles. The number of rotatable bonds is 4. The van der Waals surface area contributed by atoms with Gasteiger partial charge in [0.25, 0.3) is 0 Å². The van der Waals surface area contributed by atoms with Crippen LogP contribution in [0.5, 0.6) is 0 Å². The van der Waals surface area contributed by atoms with E-state index in [9.17, 15) is 0 Å². The first-order chi connectivity index (χ1) is 5.37. The lowest BCUT2D eigenvalue weighted by Gasteiger charge is -2.25. The zero-order valence-corrected chi connectivity index (χ0v) is 9.27. The molecule has 12 heavy (non-hydrogen) atoms. The highest BCUT2D eigenvalue weighted by atomic mass is 16.5. The predicted molar refractivity (Wildman–Crippen MR) is 53.4 cm³/mol. The van der Waals surface area contributed by atoms with E-state index in [0.717, 1.165) is 6.54 Å².